The fraction of sp³-hybridized carbons (Fsp3) is 0.250. The van der Waals surface area contributed by atoms with Crippen LogP contribution in [-0.2, 0) is 0 Å². The van der Waals surface area contributed by atoms with E-state index in [1.54, 1.807) is 13.8 Å². The molecular weight excluding hydrogens is 287 g/mol. The largest absolute Gasteiger partial charge is 0.394 e. The molecule has 0 radical (unpaired) electrons. The van der Waals surface area contributed by atoms with E-state index in [1.165, 1.54) is 30.3 Å². The Kier molecular flexibility index (Phi) is 4.72. The summed E-state index contributed by atoms with van der Waals surface area (Å²) < 4.78 is 12.9. The minimum absolute atomic E-state index is 0.0244. The van der Waals surface area contributed by atoms with E-state index in [9.17, 15) is 19.1 Å². The minimum atomic E-state index is -0.714. The maximum absolute atomic E-state index is 12.9. The van der Waals surface area contributed by atoms with E-state index in [2.05, 4.69) is 10.3 Å². The third-order valence-electron chi connectivity index (χ3n) is 3.50. The molecule has 0 fully saturated rings. The Labute approximate surface area is 126 Å². The van der Waals surface area contributed by atoms with E-state index in [0.717, 1.165) is 5.56 Å². The number of nitrogens with one attached hydrogen (secondary N) is 2. The van der Waals surface area contributed by atoms with Gasteiger partial charge in [-0.15, -0.1) is 0 Å². The summed E-state index contributed by atoms with van der Waals surface area (Å²) in [6, 6.07) is 6.22. The van der Waals surface area contributed by atoms with Gasteiger partial charge < -0.3 is 15.4 Å². The van der Waals surface area contributed by atoms with Gasteiger partial charge in [-0.25, -0.2) is 4.39 Å². The second-order valence-electron chi connectivity index (χ2n) is 5.08. The van der Waals surface area contributed by atoms with Crippen LogP contribution in [0.5, 0.6) is 0 Å². The van der Waals surface area contributed by atoms with Crippen LogP contribution in [0.15, 0.2) is 35.1 Å². The first-order valence-corrected chi connectivity index (χ1v) is 6.80. The fourth-order valence-corrected chi connectivity index (χ4v) is 2.06. The Bertz CT molecular complexity index is 738. The number of aliphatic hydroxyl groups excluding tert-OH is 1. The van der Waals surface area contributed by atoms with Gasteiger partial charge in [0.1, 0.15) is 11.4 Å². The second-order valence-corrected chi connectivity index (χ2v) is 5.08. The Hall–Kier alpha value is -2.47. The molecule has 0 spiro atoms. The third kappa shape index (κ3) is 3.40. The first-order valence-electron chi connectivity index (χ1n) is 6.80. The number of rotatable bonds is 4. The van der Waals surface area contributed by atoms with Crippen LogP contribution in [0.2, 0.25) is 0 Å². The number of pyridine rings is 1. The number of hydrogen-bond donors (Lipinski definition) is 3. The smallest absolute Gasteiger partial charge is 0.261 e. The number of aryl methyl sites for hydroxylation is 2. The molecule has 2 aromatic rings. The lowest BCUT2D eigenvalue weighted by Crippen LogP contribution is -2.34. The molecule has 0 aliphatic carbocycles. The average Bonchev–Trinajstić information content (AvgIpc) is 2.49. The van der Waals surface area contributed by atoms with Crippen molar-refractivity contribution in [3.63, 3.8) is 0 Å². The molecule has 5 nitrogen and oxygen atoms in total. The summed E-state index contributed by atoms with van der Waals surface area (Å²) >= 11 is 0. The Morgan fingerprint density at radius 1 is 1.32 bits per heavy atom. The van der Waals surface area contributed by atoms with Crippen molar-refractivity contribution in [3.8, 4) is 0 Å². The quantitative estimate of drug-likeness (QED) is 0.802. The summed E-state index contributed by atoms with van der Waals surface area (Å²) in [5, 5.41) is 12.0. The summed E-state index contributed by atoms with van der Waals surface area (Å²) in [4.78, 5) is 26.7. The van der Waals surface area contributed by atoms with Gasteiger partial charge in [-0.3, -0.25) is 9.59 Å². The van der Waals surface area contributed by atoms with E-state index >= 15 is 0 Å². The van der Waals surface area contributed by atoms with Gasteiger partial charge in [0.2, 0.25) is 0 Å². The van der Waals surface area contributed by atoms with Crippen molar-refractivity contribution in [2.24, 2.45) is 0 Å². The van der Waals surface area contributed by atoms with Crippen LogP contribution in [-0.4, -0.2) is 22.6 Å². The predicted octanol–water partition coefficient (Wildman–Crippen LogP) is 1.59. The van der Waals surface area contributed by atoms with Gasteiger partial charge in [-0.1, -0.05) is 12.1 Å². The molecule has 22 heavy (non-hydrogen) atoms. The van der Waals surface area contributed by atoms with E-state index in [4.69, 9.17) is 0 Å². The van der Waals surface area contributed by atoms with Gasteiger partial charge in [0.25, 0.3) is 11.5 Å². The first kappa shape index (κ1) is 15.9. The number of H-pyrrole nitrogens is 1. The number of amides is 1. The van der Waals surface area contributed by atoms with Crippen molar-refractivity contribution in [2.45, 2.75) is 19.9 Å². The van der Waals surface area contributed by atoms with E-state index in [0.29, 0.717) is 11.3 Å². The van der Waals surface area contributed by atoms with Crippen LogP contribution in [0, 0.1) is 19.7 Å². The van der Waals surface area contributed by atoms with Crippen molar-refractivity contribution in [2.75, 3.05) is 6.61 Å². The molecular formula is C16H17FN2O3. The molecule has 1 atom stereocenters. The molecule has 1 heterocycles. The highest BCUT2D eigenvalue weighted by atomic mass is 19.1. The van der Waals surface area contributed by atoms with Gasteiger partial charge in [0, 0.05) is 5.69 Å². The average molecular weight is 304 g/mol. The fourth-order valence-electron chi connectivity index (χ4n) is 2.06. The number of benzene rings is 1. The van der Waals surface area contributed by atoms with Gasteiger partial charge in [0.05, 0.1) is 12.6 Å². The van der Waals surface area contributed by atoms with Crippen molar-refractivity contribution in [1.29, 1.82) is 0 Å². The molecule has 116 valence electrons. The lowest BCUT2D eigenvalue weighted by atomic mass is 10.1. The molecule has 0 unspecified atom stereocenters. The highest BCUT2D eigenvalue weighted by Gasteiger charge is 2.18. The third-order valence-corrected chi connectivity index (χ3v) is 3.50. The predicted molar refractivity (Wildman–Crippen MR) is 80.2 cm³/mol. The second kappa shape index (κ2) is 6.53. The molecule has 1 amide bonds. The zero-order valence-electron chi connectivity index (χ0n) is 12.3. The number of aliphatic hydroxyl groups is 1. The number of carbonyl (C=O) groups excluding carboxylic acids is 1. The van der Waals surface area contributed by atoms with Crippen molar-refractivity contribution in [3.05, 3.63) is 68.9 Å². The number of aromatic nitrogens is 1. The first-order chi connectivity index (χ1) is 10.4. The summed E-state index contributed by atoms with van der Waals surface area (Å²) in [5.74, 6) is -0.995. The van der Waals surface area contributed by atoms with Crippen LogP contribution in [0.25, 0.3) is 0 Å². The van der Waals surface area contributed by atoms with Crippen LogP contribution in [0.4, 0.5) is 4.39 Å². The number of hydrogen-bond acceptors (Lipinski definition) is 3. The van der Waals surface area contributed by atoms with Crippen LogP contribution < -0.4 is 10.9 Å². The summed E-state index contributed by atoms with van der Waals surface area (Å²) in [6.45, 7) is 3.17. The molecule has 6 heteroatoms. The molecule has 0 saturated heterocycles. The molecule has 3 N–H and O–H groups in total. The lowest BCUT2D eigenvalue weighted by Gasteiger charge is -2.17. The van der Waals surface area contributed by atoms with Crippen LogP contribution in [0.3, 0.4) is 0 Å². The van der Waals surface area contributed by atoms with Crippen LogP contribution in [0.1, 0.15) is 33.2 Å². The molecule has 0 aliphatic heterocycles. The van der Waals surface area contributed by atoms with Crippen LogP contribution >= 0.6 is 0 Å². The summed E-state index contributed by atoms with van der Waals surface area (Å²) in [5.41, 5.74) is 1.52. The molecule has 0 aliphatic rings. The number of aromatic amines is 1. The Morgan fingerprint density at radius 2 is 1.95 bits per heavy atom. The Balaban J connectivity index is 2.25. The maximum Gasteiger partial charge on any atom is 0.261 e. The minimum Gasteiger partial charge on any atom is -0.394 e. The molecule has 2 rings (SSSR count). The van der Waals surface area contributed by atoms with Crippen molar-refractivity contribution < 1.29 is 14.3 Å². The Morgan fingerprint density at radius 3 is 2.55 bits per heavy atom. The topological polar surface area (TPSA) is 82.2 Å². The highest BCUT2D eigenvalue weighted by molar-refractivity contribution is 5.94. The van der Waals surface area contributed by atoms with Gasteiger partial charge in [-0.05, 0) is 43.2 Å². The van der Waals surface area contributed by atoms with E-state index < -0.39 is 23.3 Å². The number of carbonyl (C=O) groups is 1. The SMILES string of the molecule is Cc1cc(C(=O)N[C@H](CO)c2ccc(F)cc2)c(=O)[nH]c1C. The summed E-state index contributed by atoms with van der Waals surface area (Å²) in [7, 11) is 0. The zero-order chi connectivity index (χ0) is 16.3. The van der Waals surface area contributed by atoms with Gasteiger partial charge in [-0.2, -0.15) is 0 Å². The van der Waals surface area contributed by atoms with Gasteiger partial charge >= 0.3 is 0 Å². The summed E-state index contributed by atoms with van der Waals surface area (Å²) in [6.07, 6.45) is 0. The zero-order valence-corrected chi connectivity index (χ0v) is 12.3. The van der Waals surface area contributed by atoms with Gasteiger partial charge in [0.15, 0.2) is 0 Å². The van der Waals surface area contributed by atoms with E-state index in [1.807, 2.05) is 0 Å². The monoisotopic (exact) mass is 304 g/mol. The maximum atomic E-state index is 12.9. The molecule has 1 aromatic heterocycles. The number of halogens is 1. The highest BCUT2D eigenvalue weighted by Crippen LogP contribution is 2.14. The molecule has 1 aromatic carbocycles. The van der Waals surface area contributed by atoms with E-state index in [-0.39, 0.29) is 12.2 Å². The molecule has 0 saturated carbocycles. The normalized spacial score (nSPS) is 12.0. The standard InChI is InChI=1S/C16H17FN2O3/c1-9-7-13(15(21)18-10(9)2)16(22)19-14(8-20)11-3-5-12(17)6-4-11/h3-7,14,20H,8H2,1-2H3,(H,18,21)(H,19,22)/t14-/m1/s1. The lowest BCUT2D eigenvalue weighted by molar-refractivity contribution is 0.0914. The van der Waals surface area contributed by atoms with Crippen molar-refractivity contribution in [1.82, 2.24) is 10.3 Å². The van der Waals surface area contributed by atoms with Crippen molar-refractivity contribution >= 4 is 5.91 Å². The molecule has 0 bridgehead atoms.